The monoisotopic (exact) mass is 494 g/mol. The molecule has 0 spiro atoms. The maximum atomic E-state index is 12.3. The van der Waals surface area contributed by atoms with E-state index in [2.05, 4.69) is 33.0 Å². The Morgan fingerprint density at radius 3 is 2.38 bits per heavy atom. The fraction of sp³-hybridized carbons (Fsp3) is 0.692. The van der Waals surface area contributed by atoms with E-state index in [0.717, 1.165) is 37.6 Å². The molecule has 0 aromatic heterocycles. The van der Waals surface area contributed by atoms with Gasteiger partial charge in [0.1, 0.15) is 17.8 Å². The summed E-state index contributed by atoms with van der Waals surface area (Å²) >= 11 is 1.00. The Morgan fingerprint density at radius 1 is 1.00 bits per heavy atom. The normalized spacial score (nSPS) is 12.0. The number of nitrogens with one attached hydrogen (secondary N) is 1. The molecule has 1 aromatic rings. The Balaban J connectivity index is 2.26. The minimum absolute atomic E-state index is 0.116. The zero-order valence-corrected chi connectivity index (χ0v) is 22.0. The molecule has 192 valence electrons. The molecule has 0 bridgehead atoms. The Kier molecular flexibility index (Phi) is 17.4. The van der Waals surface area contributed by atoms with Crippen LogP contribution in [0.4, 0.5) is 0 Å². The highest BCUT2D eigenvalue weighted by atomic mass is 32.2. The molecule has 0 saturated carbocycles. The number of nitrogens with zero attached hydrogens (tertiary/aromatic N) is 1. The summed E-state index contributed by atoms with van der Waals surface area (Å²) in [6.45, 7) is 12.2. The molecule has 0 aliphatic heterocycles. The SMILES string of the molecule is CC(C)CCCNC(=O)c1cccc(OCC(OCCOCCOCCCC(C)C)SC#N)c1. The van der Waals surface area contributed by atoms with Gasteiger partial charge in [-0.25, -0.2) is 0 Å². The van der Waals surface area contributed by atoms with Crippen molar-refractivity contribution < 1.29 is 23.7 Å². The van der Waals surface area contributed by atoms with Gasteiger partial charge in [-0.3, -0.25) is 4.79 Å². The zero-order chi connectivity index (χ0) is 25.0. The lowest BCUT2D eigenvalue weighted by Crippen LogP contribution is -2.25. The molecule has 0 radical (unpaired) electrons. The van der Waals surface area contributed by atoms with Gasteiger partial charge in [0, 0.05) is 18.7 Å². The van der Waals surface area contributed by atoms with Crippen molar-refractivity contribution in [2.45, 2.75) is 58.8 Å². The predicted octanol–water partition coefficient (Wildman–Crippen LogP) is 5.26. The maximum Gasteiger partial charge on any atom is 0.251 e. The first kappa shape index (κ1) is 30.2. The molecule has 1 unspecified atom stereocenters. The average Bonchev–Trinajstić information content (AvgIpc) is 2.81. The van der Waals surface area contributed by atoms with E-state index in [-0.39, 0.29) is 12.5 Å². The number of amides is 1. The molecule has 1 atom stereocenters. The van der Waals surface area contributed by atoms with E-state index in [1.807, 2.05) is 5.40 Å². The minimum atomic E-state index is -0.450. The summed E-state index contributed by atoms with van der Waals surface area (Å²) in [5.74, 6) is 1.77. The molecule has 0 heterocycles. The number of thiocyanates is 1. The number of thioether (sulfide) groups is 1. The highest BCUT2D eigenvalue weighted by Gasteiger charge is 2.12. The Morgan fingerprint density at radius 2 is 1.68 bits per heavy atom. The zero-order valence-electron chi connectivity index (χ0n) is 21.2. The van der Waals surface area contributed by atoms with E-state index in [0.29, 0.717) is 56.1 Å². The van der Waals surface area contributed by atoms with Crippen LogP contribution in [-0.2, 0) is 14.2 Å². The van der Waals surface area contributed by atoms with Crippen LogP contribution in [0, 0.1) is 22.5 Å². The fourth-order valence-corrected chi connectivity index (χ4v) is 3.45. The van der Waals surface area contributed by atoms with E-state index in [4.69, 9.17) is 24.2 Å². The highest BCUT2D eigenvalue weighted by molar-refractivity contribution is 8.04. The lowest BCUT2D eigenvalue weighted by Gasteiger charge is -2.16. The van der Waals surface area contributed by atoms with Gasteiger partial charge in [0.25, 0.3) is 5.91 Å². The number of hydrogen-bond donors (Lipinski definition) is 1. The first-order valence-electron chi connectivity index (χ1n) is 12.2. The molecular weight excluding hydrogens is 452 g/mol. The van der Waals surface area contributed by atoms with Gasteiger partial charge in [-0.2, -0.15) is 5.26 Å². The van der Waals surface area contributed by atoms with Gasteiger partial charge < -0.3 is 24.3 Å². The van der Waals surface area contributed by atoms with Gasteiger partial charge in [-0.1, -0.05) is 33.8 Å². The van der Waals surface area contributed by atoms with Crippen LogP contribution in [0.3, 0.4) is 0 Å². The average molecular weight is 495 g/mol. The number of benzene rings is 1. The van der Waals surface area contributed by atoms with Gasteiger partial charge in [0.05, 0.1) is 26.4 Å². The summed E-state index contributed by atoms with van der Waals surface area (Å²) in [5, 5.41) is 14.0. The number of carbonyl (C=O) groups is 1. The van der Waals surface area contributed by atoms with Crippen molar-refractivity contribution in [2.24, 2.45) is 11.8 Å². The van der Waals surface area contributed by atoms with Crippen LogP contribution in [-0.4, -0.2) is 57.5 Å². The molecule has 0 aliphatic carbocycles. The lowest BCUT2D eigenvalue weighted by atomic mass is 10.1. The van der Waals surface area contributed by atoms with Crippen molar-refractivity contribution in [3.05, 3.63) is 29.8 Å². The van der Waals surface area contributed by atoms with Crippen molar-refractivity contribution in [1.29, 1.82) is 5.26 Å². The van der Waals surface area contributed by atoms with E-state index >= 15 is 0 Å². The molecule has 0 saturated heterocycles. The largest absolute Gasteiger partial charge is 0.490 e. The molecule has 1 N–H and O–H groups in total. The molecule has 34 heavy (non-hydrogen) atoms. The molecule has 8 heteroatoms. The summed E-state index contributed by atoms with van der Waals surface area (Å²) in [6.07, 6.45) is 4.28. The third-order valence-electron chi connectivity index (χ3n) is 4.88. The molecule has 0 aliphatic rings. The second kappa shape index (κ2) is 19.5. The first-order valence-corrected chi connectivity index (χ1v) is 13.1. The number of carbonyl (C=O) groups excluding carboxylic acids is 1. The Hall–Kier alpha value is -1.79. The topological polar surface area (TPSA) is 89.8 Å². The van der Waals surface area contributed by atoms with Crippen molar-refractivity contribution >= 4 is 17.7 Å². The Bertz CT molecular complexity index is 709. The standard InChI is InChI=1S/C26H42N2O5S/c1-21(2)8-6-12-28-26(29)23-10-5-11-24(18-23)33-19-25(34-20-27)32-17-16-31-15-14-30-13-7-9-22(3)4/h5,10-11,18,21-22,25H,6-9,12-17,19H2,1-4H3,(H,28,29). The highest BCUT2D eigenvalue weighted by Crippen LogP contribution is 2.17. The van der Waals surface area contributed by atoms with Crippen LogP contribution in [0.15, 0.2) is 24.3 Å². The molecule has 7 nitrogen and oxygen atoms in total. The van der Waals surface area contributed by atoms with Crippen molar-refractivity contribution in [2.75, 3.05) is 46.2 Å². The second-order valence-electron chi connectivity index (χ2n) is 8.90. The van der Waals surface area contributed by atoms with Gasteiger partial charge in [-0.15, -0.1) is 0 Å². The quantitative estimate of drug-likeness (QED) is 0.150. The smallest absolute Gasteiger partial charge is 0.251 e. The molecular formula is C26H42N2O5S. The van der Waals surface area contributed by atoms with Gasteiger partial charge >= 0.3 is 0 Å². The molecule has 1 rings (SSSR count). The number of ether oxygens (including phenoxy) is 4. The van der Waals surface area contributed by atoms with E-state index in [1.54, 1.807) is 24.3 Å². The van der Waals surface area contributed by atoms with E-state index in [1.165, 1.54) is 6.42 Å². The number of hydrogen-bond acceptors (Lipinski definition) is 7. The molecule has 1 amide bonds. The van der Waals surface area contributed by atoms with Gasteiger partial charge in [0.2, 0.25) is 0 Å². The molecule has 0 fully saturated rings. The van der Waals surface area contributed by atoms with Crippen molar-refractivity contribution in [1.82, 2.24) is 5.32 Å². The van der Waals surface area contributed by atoms with Crippen molar-refractivity contribution in [3.8, 4) is 11.2 Å². The van der Waals surface area contributed by atoms with Gasteiger partial charge in [0.15, 0.2) is 5.44 Å². The van der Waals surface area contributed by atoms with Crippen LogP contribution < -0.4 is 10.1 Å². The lowest BCUT2D eigenvalue weighted by molar-refractivity contribution is 0.000944. The summed E-state index contributed by atoms with van der Waals surface area (Å²) in [7, 11) is 0. The first-order chi connectivity index (χ1) is 16.4. The summed E-state index contributed by atoms with van der Waals surface area (Å²) < 4.78 is 22.5. The summed E-state index contributed by atoms with van der Waals surface area (Å²) in [5.41, 5.74) is 0.0988. The maximum absolute atomic E-state index is 12.3. The summed E-state index contributed by atoms with van der Waals surface area (Å²) in [6, 6.07) is 7.03. The minimum Gasteiger partial charge on any atom is -0.490 e. The van der Waals surface area contributed by atoms with Crippen LogP contribution in [0.25, 0.3) is 0 Å². The van der Waals surface area contributed by atoms with Crippen LogP contribution in [0.5, 0.6) is 5.75 Å². The third kappa shape index (κ3) is 15.9. The number of nitriles is 1. The van der Waals surface area contributed by atoms with E-state index < -0.39 is 5.44 Å². The second-order valence-corrected chi connectivity index (χ2v) is 9.85. The van der Waals surface area contributed by atoms with Gasteiger partial charge in [-0.05, 0) is 67.5 Å². The molecule has 1 aromatic carbocycles. The Labute approximate surface area is 209 Å². The van der Waals surface area contributed by atoms with E-state index in [9.17, 15) is 4.79 Å². The predicted molar refractivity (Wildman–Crippen MR) is 137 cm³/mol. The van der Waals surface area contributed by atoms with Crippen LogP contribution in [0.1, 0.15) is 63.7 Å². The third-order valence-corrected chi connectivity index (χ3v) is 5.52. The fourth-order valence-electron chi connectivity index (χ4n) is 3.03. The van der Waals surface area contributed by atoms with Crippen molar-refractivity contribution in [3.63, 3.8) is 0 Å². The van der Waals surface area contributed by atoms with Crippen LogP contribution >= 0.6 is 11.8 Å². The summed E-state index contributed by atoms with van der Waals surface area (Å²) in [4.78, 5) is 12.3. The number of rotatable bonds is 20. The van der Waals surface area contributed by atoms with Crippen LogP contribution in [0.2, 0.25) is 0 Å².